The van der Waals surface area contributed by atoms with Crippen LogP contribution in [-0.2, 0) is 4.57 Å². The van der Waals surface area contributed by atoms with Gasteiger partial charge in [0, 0.05) is 0 Å². The fourth-order valence-electron chi connectivity index (χ4n) is 1.18. The molecule has 0 heterocycles. The standard InChI is InChI=1S/C8H19O3P/c1-3-5-6-8(9,4-2)7-12(10)11/h9,12H,3-7H2,1-2H3,(H,10,11). The van der Waals surface area contributed by atoms with Crippen molar-refractivity contribution >= 4 is 8.03 Å². The van der Waals surface area contributed by atoms with Gasteiger partial charge in [-0.2, -0.15) is 0 Å². The summed E-state index contributed by atoms with van der Waals surface area (Å²) in [5.74, 6) is 0. The van der Waals surface area contributed by atoms with Crippen LogP contribution in [0.15, 0.2) is 0 Å². The Morgan fingerprint density at radius 1 is 1.42 bits per heavy atom. The maximum Gasteiger partial charge on any atom is 0.191 e. The predicted octanol–water partition coefficient (Wildman–Crippen LogP) is 1.78. The molecule has 0 aliphatic rings. The van der Waals surface area contributed by atoms with Gasteiger partial charge in [-0.15, -0.1) is 0 Å². The van der Waals surface area contributed by atoms with Gasteiger partial charge in [0.05, 0.1) is 11.8 Å². The first kappa shape index (κ1) is 12.2. The van der Waals surface area contributed by atoms with Crippen LogP contribution >= 0.6 is 8.03 Å². The molecule has 0 aliphatic heterocycles. The van der Waals surface area contributed by atoms with Crippen LogP contribution in [-0.4, -0.2) is 21.8 Å². The summed E-state index contributed by atoms with van der Waals surface area (Å²) in [6, 6.07) is 0. The van der Waals surface area contributed by atoms with Gasteiger partial charge in [0.25, 0.3) is 0 Å². The van der Waals surface area contributed by atoms with Crippen LogP contribution < -0.4 is 0 Å². The summed E-state index contributed by atoms with van der Waals surface area (Å²) in [6.45, 7) is 3.89. The monoisotopic (exact) mass is 194 g/mol. The van der Waals surface area contributed by atoms with Crippen molar-refractivity contribution in [3.63, 3.8) is 0 Å². The van der Waals surface area contributed by atoms with E-state index in [1.165, 1.54) is 0 Å². The van der Waals surface area contributed by atoms with Gasteiger partial charge in [-0.25, -0.2) is 0 Å². The Morgan fingerprint density at radius 3 is 2.33 bits per heavy atom. The lowest BCUT2D eigenvalue weighted by Gasteiger charge is -2.25. The van der Waals surface area contributed by atoms with Crippen molar-refractivity contribution in [1.82, 2.24) is 0 Å². The second-order valence-corrected chi connectivity index (χ2v) is 4.39. The van der Waals surface area contributed by atoms with Crippen LogP contribution in [0.3, 0.4) is 0 Å². The molecule has 3 nitrogen and oxygen atoms in total. The highest BCUT2D eigenvalue weighted by molar-refractivity contribution is 7.38. The van der Waals surface area contributed by atoms with E-state index in [0.717, 1.165) is 12.8 Å². The molecule has 0 rings (SSSR count). The Hall–Kier alpha value is 0.150. The number of hydrogen-bond acceptors (Lipinski definition) is 2. The SMILES string of the molecule is CCCCC(O)(CC)C[PH](=O)O. The Balaban J connectivity index is 3.95. The normalized spacial score (nSPS) is 18.7. The van der Waals surface area contributed by atoms with Crippen molar-refractivity contribution in [3.05, 3.63) is 0 Å². The summed E-state index contributed by atoms with van der Waals surface area (Å²) in [4.78, 5) is 8.70. The van der Waals surface area contributed by atoms with E-state index in [1.54, 1.807) is 0 Å². The van der Waals surface area contributed by atoms with Gasteiger partial charge in [-0.3, -0.25) is 4.57 Å². The van der Waals surface area contributed by atoms with Crippen molar-refractivity contribution in [2.45, 2.75) is 45.1 Å². The molecule has 74 valence electrons. The lowest BCUT2D eigenvalue weighted by Crippen LogP contribution is -2.30. The minimum absolute atomic E-state index is 0.0498. The fourth-order valence-corrected chi connectivity index (χ4v) is 2.17. The molecule has 0 saturated carbocycles. The quantitative estimate of drug-likeness (QED) is 0.634. The van der Waals surface area contributed by atoms with Gasteiger partial charge in [0.1, 0.15) is 0 Å². The third-order valence-electron chi connectivity index (χ3n) is 2.13. The van der Waals surface area contributed by atoms with Gasteiger partial charge < -0.3 is 10.00 Å². The van der Waals surface area contributed by atoms with Gasteiger partial charge in [0.15, 0.2) is 8.03 Å². The average Bonchev–Trinajstić information content (AvgIpc) is 2.00. The Kier molecular flexibility index (Phi) is 5.81. The molecule has 0 fully saturated rings. The van der Waals surface area contributed by atoms with Crippen LogP contribution in [0.4, 0.5) is 0 Å². The van der Waals surface area contributed by atoms with E-state index < -0.39 is 13.6 Å². The van der Waals surface area contributed by atoms with Gasteiger partial charge >= 0.3 is 0 Å². The van der Waals surface area contributed by atoms with Crippen LogP contribution in [0.1, 0.15) is 39.5 Å². The lowest BCUT2D eigenvalue weighted by atomic mass is 9.96. The van der Waals surface area contributed by atoms with Crippen LogP contribution in [0.2, 0.25) is 0 Å². The number of rotatable bonds is 6. The molecule has 0 aromatic rings. The van der Waals surface area contributed by atoms with Crippen molar-refractivity contribution in [1.29, 1.82) is 0 Å². The highest BCUT2D eigenvalue weighted by atomic mass is 31.1. The number of aliphatic hydroxyl groups is 1. The van der Waals surface area contributed by atoms with E-state index in [1.807, 2.05) is 13.8 Å². The Labute approximate surface area is 74.7 Å². The maximum absolute atomic E-state index is 10.6. The minimum atomic E-state index is -2.53. The summed E-state index contributed by atoms with van der Waals surface area (Å²) >= 11 is 0. The fraction of sp³-hybridized carbons (Fsp3) is 1.00. The number of hydrogen-bond donors (Lipinski definition) is 2. The van der Waals surface area contributed by atoms with E-state index in [4.69, 9.17) is 4.89 Å². The molecule has 0 radical (unpaired) electrons. The summed E-state index contributed by atoms with van der Waals surface area (Å²) in [7, 11) is -2.53. The molecule has 0 aliphatic carbocycles. The van der Waals surface area contributed by atoms with Crippen LogP contribution in [0.25, 0.3) is 0 Å². The molecule has 2 unspecified atom stereocenters. The summed E-state index contributed by atoms with van der Waals surface area (Å²) in [6.07, 6.45) is 3.17. The maximum atomic E-state index is 10.6. The molecular weight excluding hydrogens is 175 g/mol. The van der Waals surface area contributed by atoms with Crippen molar-refractivity contribution in [3.8, 4) is 0 Å². The molecule has 0 spiro atoms. The molecule has 0 saturated heterocycles. The zero-order valence-electron chi connectivity index (χ0n) is 7.84. The highest BCUT2D eigenvalue weighted by Crippen LogP contribution is 2.28. The average molecular weight is 194 g/mol. The Morgan fingerprint density at radius 2 is 2.00 bits per heavy atom. The van der Waals surface area contributed by atoms with Gasteiger partial charge in [0.2, 0.25) is 0 Å². The number of unbranched alkanes of at least 4 members (excludes halogenated alkanes) is 1. The zero-order valence-corrected chi connectivity index (χ0v) is 8.84. The molecule has 2 N–H and O–H groups in total. The van der Waals surface area contributed by atoms with E-state index in [9.17, 15) is 9.67 Å². The molecular formula is C8H19O3P. The first-order valence-corrected chi connectivity index (χ1v) is 6.04. The molecule has 12 heavy (non-hydrogen) atoms. The van der Waals surface area contributed by atoms with E-state index in [2.05, 4.69) is 0 Å². The second kappa shape index (κ2) is 5.74. The second-order valence-electron chi connectivity index (χ2n) is 3.25. The lowest BCUT2D eigenvalue weighted by molar-refractivity contribution is 0.0468. The molecule has 0 amide bonds. The van der Waals surface area contributed by atoms with Gasteiger partial charge in [-0.1, -0.05) is 26.7 Å². The molecule has 0 bridgehead atoms. The summed E-state index contributed by atoms with van der Waals surface area (Å²) < 4.78 is 10.6. The third kappa shape index (κ3) is 4.91. The molecule has 0 aromatic carbocycles. The van der Waals surface area contributed by atoms with Crippen LogP contribution in [0.5, 0.6) is 0 Å². The van der Waals surface area contributed by atoms with Crippen molar-refractivity contribution in [2.24, 2.45) is 0 Å². The highest BCUT2D eigenvalue weighted by Gasteiger charge is 2.25. The van der Waals surface area contributed by atoms with Gasteiger partial charge in [-0.05, 0) is 12.8 Å². The van der Waals surface area contributed by atoms with Crippen molar-refractivity contribution < 1.29 is 14.6 Å². The molecule has 4 heteroatoms. The minimum Gasteiger partial charge on any atom is -0.389 e. The zero-order chi connectivity index (χ0) is 9.61. The topological polar surface area (TPSA) is 57.5 Å². The van der Waals surface area contributed by atoms with E-state index in [0.29, 0.717) is 12.8 Å². The van der Waals surface area contributed by atoms with Crippen LogP contribution in [0, 0.1) is 0 Å². The summed E-state index contributed by atoms with van der Waals surface area (Å²) in [5, 5.41) is 9.79. The first-order valence-electron chi connectivity index (χ1n) is 4.48. The molecule has 0 aromatic heterocycles. The Bertz CT molecular complexity index is 149. The first-order chi connectivity index (χ1) is 5.54. The van der Waals surface area contributed by atoms with E-state index in [-0.39, 0.29) is 6.16 Å². The largest absolute Gasteiger partial charge is 0.389 e. The smallest absolute Gasteiger partial charge is 0.191 e. The summed E-state index contributed by atoms with van der Waals surface area (Å²) in [5.41, 5.74) is -0.902. The van der Waals surface area contributed by atoms with Crippen molar-refractivity contribution in [2.75, 3.05) is 6.16 Å². The van der Waals surface area contributed by atoms with E-state index >= 15 is 0 Å². The third-order valence-corrected chi connectivity index (χ3v) is 3.09. The predicted molar refractivity (Wildman–Crippen MR) is 50.9 cm³/mol. The molecule has 2 atom stereocenters.